The molecule has 2 heterocycles. The summed E-state index contributed by atoms with van der Waals surface area (Å²) < 4.78 is 19.4. The van der Waals surface area contributed by atoms with Crippen molar-refractivity contribution in [1.82, 2.24) is 4.57 Å². The van der Waals surface area contributed by atoms with Crippen LogP contribution in [0.1, 0.15) is 34.6 Å². The van der Waals surface area contributed by atoms with Crippen molar-refractivity contribution >= 4 is 22.5 Å². The van der Waals surface area contributed by atoms with E-state index in [1.165, 1.54) is 11.1 Å². The fourth-order valence-corrected chi connectivity index (χ4v) is 5.55. The molecule has 40 heavy (non-hydrogen) atoms. The van der Waals surface area contributed by atoms with Crippen molar-refractivity contribution in [2.45, 2.75) is 25.3 Å². The Hall–Kier alpha value is -4.71. The number of hydrogen-bond acceptors (Lipinski definition) is 4. The summed E-state index contributed by atoms with van der Waals surface area (Å²) in [5.41, 5.74) is 6.52. The van der Waals surface area contributed by atoms with E-state index < -0.39 is 0 Å². The maximum absolute atomic E-state index is 13.0. The van der Waals surface area contributed by atoms with Crippen molar-refractivity contribution in [3.8, 4) is 17.2 Å². The van der Waals surface area contributed by atoms with Gasteiger partial charge in [0.15, 0.2) is 11.5 Å². The second kappa shape index (κ2) is 11.2. The Labute approximate surface area is 234 Å². The molecule has 0 radical (unpaired) electrons. The van der Waals surface area contributed by atoms with Crippen LogP contribution in [0, 0.1) is 0 Å². The number of rotatable bonds is 9. The molecule has 202 valence electrons. The maximum Gasteiger partial charge on any atom is 0.225 e. The Bertz CT molecular complexity index is 1640. The number of anilines is 1. The Morgan fingerprint density at radius 3 is 2.45 bits per heavy atom. The molecule has 1 aliphatic rings. The van der Waals surface area contributed by atoms with Crippen molar-refractivity contribution < 1.29 is 19.0 Å². The van der Waals surface area contributed by atoms with Gasteiger partial charge in [-0.15, -0.1) is 0 Å². The van der Waals surface area contributed by atoms with E-state index in [-0.39, 0.29) is 11.8 Å². The molecular weight excluding hydrogens is 500 g/mol. The average Bonchev–Trinajstić information content (AvgIpc) is 3.28. The molecule has 1 amide bonds. The molecule has 4 aromatic carbocycles. The monoisotopic (exact) mass is 532 g/mol. The lowest BCUT2D eigenvalue weighted by Crippen LogP contribution is -2.14. The first kappa shape index (κ1) is 25.6. The van der Waals surface area contributed by atoms with Gasteiger partial charge >= 0.3 is 0 Å². The molecule has 0 bridgehead atoms. The van der Waals surface area contributed by atoms with Gasteiger partial charge in [0.1, 0.15) is 5.75 Å². The Morgan fingerprint density at radius 2 is 1.68 bits per heavy atom. The van der Waals surface area contributed by atoms with Crippen molar-refractivity contribution in [2.24, 2.45) is 0 Å². The van der Waals surface area contributed by atoms with Crippen molar-refractivity contribution in [3.05, 3.63) is 119 Å². The van der Waals surface area contributed by atoms with Crippen LogP contribution in [0.25, 0.3) is 10.9 Å². The van der Waals surface area contributed by atoms with Crippen LogP contribution in [0.2, 0.25) is 0 Å². The SMILES string of the molecule is COc1ccc(CCOc2ccc([C@@H]3CC(=O)Nc4cccc5c4c3cn5Cc3ccccc3)cc2OC)cc1. The zero-order valence-electron chi connectivity index (χ0n) is 22.7. The predicted molar refractivity (Wildman–Crippen MR) is 158 cm³/mol. The quantitative estimate of drug-likeness (QED) is 0.227. The Morgan fingerprint density at radius 1 is 0.850 bits per heavy atom. The van der Waals surface area contributed by atoms with Gasteiger partial charge in [0.25, 0.3) is 0 Å². The van der Waals surface area contributed by atoms with E-state index in [0.29, 0.717) is 24.5 Å². The van der Waals surface area contributed by atoms with Gasteiger partial charge in [-0.3, -0.25) is 4.79 Å². The largest absolute Gasteiger partial charge is 0.497 e. The van der Waals surface area contributed by atoms with Crippen LogP contribution >= 0.6 is 0 Å². The molecule has 1 atom stereocenters. The van der Waals surface area contributed by atoms with E-state index in [2.05, 4.69) is 52.5 Å². The minimum atomic E-state index is -0.120. The van der Waals surface area contributed by atoms with E-state index >= 15 is 0 Å². The number of hydrogen-bond donors (Lipinski definition) is 1. The molecule has 6 rings (SSSR count). The van der Waals surface area contributed by atoms with E-state index in [0.717, 1.165) is 46.4 Å². The summed E-state index contributed by atoms with van der Waals surface area (Å²) in [4.78, 5) is 13.0. The summed E-state index contributed by atoms with van der Waals surface area (Å²) in [7, 11) is 3.32. The molecule has 1 aromatic heterocycles. The molecular formula is C34H32N2O4. The maximum atomic E-state index is 13.0. The fraction of sp³-hybridized carbons (Fsp3) is 0.206. The topological polar surface area (TPSA) is 61.7 Å². The number of methoxy groups -OCH3 is 2. The number of ether oxygens (including phenoxy) is 3. The minimum absolute atomic E-state index is 0.00194. The van der Waals surface area contributed by atoms with Gasteiger partial charge in [-0.25, -0.2) is 0 Å². The molecule has 1 N–H and O–H groups in total. The second-order valence-corrected chi connectivity index (χ2v) is 10.1. The van der Waals surface area contributed by atoms with Crippen LogP contribution in [0.4, 0.5) is 5.69 Å². The summed E-state index contributed by atoms with van der Waals surface area (Å²) in [6.07, 6.45) is 3.32. The highest BCUT2D eigenvalue weighted by atomic mass is 16.5. The van der Waals surface area contributed by atoms with Crippen LogP contribution in [-0.4, -0.2) is 31.3 Å². The number of aromatic nitrogens is 1. The first-order valence-corrected chi connectivity index (χ1v) is 13.5. The third-order valence-corrected chi connectivity index (χ3v) is 7.57. The van der Waals surface area contributed by atoms with Crippen LogP contribution in [0.3, 0.4) is 0 Å². The standard InChI is InChI=1S/C34H32N2O4/c1-38-26-14-11-23(12-15-26)17-18-40-31-16-13-25(19-32(31)39-2)27-20-33(37)35-29-9-6-10-30-34(29)28(27)22-36(30)21-24-7-4-3-5-8-24/h3-16,19,22,27H,17-18,20-21H2,1-2H3,(H,35,37)/t27-/m0/s1. The van der Waals surface area contributed by atoms with E-state index in [9.17, 15) is 4.79 Å². The van der Waals surface area contributed by atoms with Gasteiger partial charge in [0.2, 0.25) is 5.91 Å². The summed E-state index contributed by atoms with van der Waals surface area (Å²) in [6.45, 7) is 1.27. The molecule has 0 fully saturated rings. The Balaban J connectivity index is 1.29. The van der Waals surface area contributed by atoms with Gasteiger partial charge in [-0.1, -0.05) is 54.6 Å². The minimum Gasteiger partial charge on any atom is -0.497 e. The summed E-state index contributed by atoms with van der Waals surface area (Å²) in [5, 5.41) is 4.23. The number of carbonyl (C=O) groups is 1. The fourth-order valence-electron chi connectivity index (χ4n) is 5.55. The van der Waals surface area contributed by atoms with Gasteiger partial charge in [-0.05, 0) is 58.7 Å². The lowest BCUT2D eigenvalue weighted by molar-refractivity contribution is -0.116. The van der Waals surface area contributed by atoms with Crippen LogP contribution in [0.5, 0.6) is 17.2 Å². The number of carbonyl (C=O) groups excluding carboxylic acids is 1. The second-order valence-electron chi connectivity index (χ2n) is 10.1. The first-order chi connectivity index (χ1) is 19.6. The molecule has 0 spiro atoms. The molecule has 6 heteroatoms. The highest BCUT2D eigenvalue weighted by molar-refractivity contribution is 6.06. The van der Waals surface area contributed by atoms with Gasteiger partial charge in [0.05, 0.1) is 32.0 Å². The Kier molecular flexibility index (Phi) is 7.15. The lowest BCUT2D eigenvalue weighted by Gasteiger charge is -2.18. The highest BCUT2D eigenvalue weighted by Crippen LogP contribution is 2.43. The highest BCUT2D eigenvalue weighted by Gasteiger charge is 2.28. The lowest BCUT2D eigenvalue weighted by atomic mass is 9.88. The normalized spacial score (nSPS) is 14.4. The summed E-state index contributed by atoms with van der Waals surface area (Å²) in [5.74, 6) is 2.06. The molecule has 1 aliphatic heterocycles. The molecule has 0 saturated heterocycles. The predicted octanol–water partition coefficient (Wildman–Crippen LogP) is 6.80. The molecule has 5 aromatic rings. The van der Waals surface area contributed by atoms with E-state index in [4.69, 9.17) is 14.2 Å². The number of nitrogens with zero attached hydrogens (tertiary/aromatic N) is 1. The zero-order chi connectivity index (χ0) is 27.5. The number of amides is 1. The average molecular weight is 533 g/mol. The van der Waals surface area contributed by atoms with Crippen molar-refractivity contribution in [3.63, 3.8) is 0 Å². The van der Waals surface area contributed by atoms with Gasteiger partial charge in [-0.2, -0.15) is 0 Å². The van der Waals surface area contributed by atoms with Crippen molar-refractivity contribution in [2.75, 3.05) is 26.1 Å². The zero-order valence-corrected chi connectivity index (χ0v) is 22.7. The molecule has 0 unspecified atom stereocenters. The first-order valence-electron chi connectivity index (χ1n) is 13.5. The third kappa shape index (κ3) is 5.13. The molecule has 0 saturated carbocycles. The van der Waals surface area contributed by atoms with Crippen LogP contribution < -0.4 is 19.5 Å². The van der Waals surface area contributed by atoms with Gasteiger partial charge in [0, 0.05) is 36.9 Å². The van der Waals surface area contributed by atoms with Crippen molar-refractivity contribution in [1.29, 1.82) is 0 Å². The molecule has 6 nitrogen and oxygen atoms in total. The third-order valence-electron chi connectivity index (χ3n) is 7.57. The van der Waals surface area contributed by atoms with E-state index in [1.807, 2.05) is 54.6 Å². The smallest absolute Gasteiger partial charge is 0.225 e. The van der Waals surface area contributed by atoms with Crippen LogP contribution in [0.15, 0.2) is 97.2 Å². The number of nitrogens with one attached hydrogen (secondary N) is 1. The molecule has 0 aliphatic carbocycles. The summed E-state index contributed by atoms with van der Waals surface area (Å²) >= 11 is 0. The summed E-state index contributed by atoms with van der Waals surface area (Å²) in [6, 6.07) is 30.6. The number of benzene rings is 4. The van der Waals surface area contributed by atoms with Gasteiger partial charge < -0.3 is 24.1 Å². The van der Waals surface area contributed by atoms with Crippen LogP contribution in [-0.2, 0) is 17.8 Å². The van der Waals surface area contributed by atoms with E-state index in [1.54, 1.807) is 14.2 Å².